The molecule has 0 N–H and O–H groups in total. The smallest absolute Gasteiger partial charge is 0.230 e. The normalized spacial score (nSPS) is 24.0. The number of carbonyl (C=O) groups excluding carboxylic acids is 1. The Labute approximate surface area is 141 Å². The topological polar surface area (TPSA) is 51.7 Å². The number of anilines is 1. The van der Waals surface area contributed by atoms with Gasteiger partial charge in [0.15, 0.2) is 0 Å². The Bertz CT molecular complexity index is 774. The van der Waals surface area contributed by atoms with Gasteiger partial charge in [-0.1, -0.05) is 18.2 Å². The second kappa shape index (κ2) is 5.51. The van der Waals surface area contributed by atoms with Gasteiger partial charge in [0.05, 0.1) is 25.6 Å². The fraction of sp³-hybridized carbons (Fsp3) is 0.368. The van der Waals surface area contributed by atoms with Crippen LogP contribution in [-0.2, 0) is 10.2 Å². The van der Waals surface area contributed by atoms with Crippen molar-refractivity contribution in [2.45, 2.75) is 18.3 Å². The van der Waals surface area contributed by atoms with E-state index in [9.17, 15) is 4.79 Å². The zero-order chi connectivity index (χ0) is 16.7. The van der Waals surface area contributed by atoms with Crippen molar-refractivity contribution in [2.75, 3.05) is 25.7 Å². The number of ether oxygens (including phenoxy) is 2. The maximum atomic E-state index is 13.0. The molecule has 1 aromatic carbocycles. The van der Waals surface area contributed by atoms with Crippen LogP contribution < -0.4 is 14.4 Å². The summed E-state index contributed by atoms with van der Waals surface area (Å²) in [6.07, 6.45) is 3.46. The summed E-state index contributed by atoms with van der Waals surface area (Å²) in [5.74, 6) is 1.61. The molecule has 1 aromatic heterocycles. The molecule has 5 nitrogen and oxygen atoms in total. The highest BCUT2D eigenvalue weighted by molar-refractivity contribution is 5.98. The molecular weight excluding hydrogens is 304 g/mol. The summed E-state index contributed by atoms with van der Waals surface area (Å²) in [7, 11) is 3.39. The first-order valence-corrected chi connectivity index (χ1v) is 8.15. The minimum atomic E-state index is -0.0555. The highest BCUT2D eigenvalue weighted by Gasteiger charge is 2.61. The summed E-state index contributed by atoms with van der Waals surface area (Å²) in [5, 5.41) is 0. The van der Waals surface area contributed by atoms with Crippen molar-refractivity contribution in [3.63, 3.8) is 0 Å². The van der Waals surface area contributed by atoms with Gasteiger partial charge in [-0.05, 0) is 25.0 Å². The molecule has 1 fully saturated rings. The van der Waals surface area contributed by atoms with Crippen LogP contribution in [0.3, 0.4) is 0 Å². The van der Waals surface area contributed by atoms with Gasteiger partial charge in [0.1, 0.15) is 5.75 Å². The molecule has 4 rings (SSSR count). The molecule has 5 heteroatoms. The first-order chi connectivity index (χ1) is 11.7. The molecule has 2 atom stereocenters. The van der Waals surface area contributed by atoms with E-state index in [0.717, 1.165) is 24.3 Å². The SMILES string of the molecule is COc1ccc(N(C)C(=O)C2CC23CCOc2ccccc23)cn1. The number of para-hydroxylation sites is 1. The van der Waals surface area contributed by atoms with Crippen LogP contribution in [0.5, 0.6) is 11.6 Å². The fourth-order valence-corrected chi connectivity index (χ4v) is 3.74. The second-order valence-corrected chi connectivity index (χ2v) is 6.46. The zero-order valence-corrected chi connectivity index (χ0v) is 13.9. The highest BCUT2D eigenvalue weighted by atomic mass is 16.5. The number of rotatable bonds is 3. The molecule has 24 heavy (non-hydrogen) atoms. The third-order valence-corrected chi connectivity index (χ3v) is 5.25. The molecular formula is C19H20N2O3. The van der Waals surface area contributed by atoms with E-state index in [1.807, 2.05) is 31.3 Å². The summed E-state index contributed by atoms with van der Waals surface area (Å²) in [4.78, 5) is 18.9. The van der Waals surface area contributed by atoms with Crippen LogP contribution in [0.25, 0.3) is 0 Å². The predicted molar refractivity (Wildman–Crippen MR) is 90.5 cm³/mol. The van der Waals surface area contributed by atoms with E-state index in [4.69, 9.17) is 9.47 Å². The lowest BCUT2D eigenvalue weighted by molar-refractivity contribution is -0.120. The summed E-state index contributed by atoms with van der Waals surface area (Å²) in [6, 6.07) is 11.7. The van der Waals surface area contributed by atoms with E-state index in [1.54, 1.807) is 24.3 Å². The molecule has 1 saturated carbocycles. The molecule has 2 heterocycles. The Balaban J connectivity index is 1.56. The number of pyridine rings is 1. The minimum absolute atomic E-state index is 0.00894. The number of nitrogens with zero attached hydrogens (tertiary/aromatic N) is 2. The third kappa shape index (κ3) is 2.23. The lowest BCUT2D eigenvalue weighted by Gasteiger charge is -2.27. The summed E-state index contributed by atoms with van der Waals surface area (Å²) in [6.45, 7) is 0.675. The molecule has 0 bridgehead atoms. The number of hydrogen-bond donors (Lipinski definition) is 0. The number of methoxy groups -OCH3 is 1. The molecule has 1 spiro atoms. The van der Waals surface area contributed by atoms with Gasteiger partial charge in [0.25, 0.3) is 0 Å². The van der Waals surface area contributed by atoms with Gasteiger partial charge in [0, 0.05) is 30.0 Å². The van der Waals surface area contributed by atoms with Crippen molar-refractivity contribution in [1.29, 1.82) is 0 Å². The van der Waals surface area contributed by atoms with E-state index in [1.165, 1.54) is 5.56 Å². The monoisotopic (exact) mass is 324 g/mol. The molecule has 2 aliphatic rings. The maximum absolute atomic E-state index is 13.0. The van der Waals surface area contributed by atoms with Crippen molar-refractivity contribution in [3.8, 4) is 11.6 Å². The number of fused-ring (bicyclic) bond motifs is 2. The van der Waals surface area contributed by atoms with Crippen molar-refractivity contribution in [2.24, 2.45) is 5.92 Å². The molecule has 0 saturated heterocycles. The lowest BCUT2D eigenvalue weighted by atomic mass is 9.87. The number of benzene rings is 1. The first-order valence-electron chi connectivity index (χ1n) is 8.15. The van der Waals surface area contributed by atoms with E-state index in [0.29, 0.717) is 12.5 Å². The Morgan fingerprint density at radius 2 is 2.17 bits per heavy atom. The van der Waals surface area contributed by atoms with Crippen molar-refractivity contribution >= 4 is 11.6 Å². The third-order valence-electron chi connectivity index (χ3n) is 5.25. The van der Waals surface area contributed by atoms with Crippen LogP contribution in [0, 0.1) is 5.92 Å². The largest absolute Gasteiger partial charge is 0.493 e. The van der Waals surface area contributed by atoms with E-state index < -0.39 is 0 Å². The average molecular weight is 324 g/mol. The Morgan fingerprint density at radius 3 is 2.92 bits per heavy atom. The van der Waals surface area contributed by atoms with Gasteiger partial charge in [-0.15, -0.1) is 0 Å². The standard InChI is InChI=1S/C19H20N2O3/c1-21(13-7-8-17(23-2)20-12-13)18(22)15-11-19(15)9-10-24-16-6-4-3-5-14(16)19/h3-8,12,15H,9-11H2,1-2H3. The van der Waals surface area contributed by atoms with Crippen LogP contribution in [0.15, 0.2) is 42.6 Å². The second-order valence-electron chi connectivity index (χ2n) is 6.46. The molecule has 2 unspecified atom stereocenters. The molecule has 2 aromatic rings. The van der Waals surface area contributed by atoms with Crippen LogP contribution in [0.1, 0.15) is 18.4 Å². The summed E-state index contributed by atoms with van der Waals surface area (Å²) in [5.41, 5.74) is 1.90. The Morgan fingerprint density at radius 1 is 1.33 bits per heavy atom. The van der Waals surface area contributed by atoms with Gasteiger partial charge in [-0.2, -0.15) is 0 Å². The van der Waals surface area contributed by atoms with Crippen LogP contribution in [0.2, 0.25) is 0 Å². The summed E-state index contributed by atoms with van der Waals surface area (Å²) >= 11 is 0. The predicted octanol–water partition coefficient (Wildman–Crippen LogP) is 2.79. The Kier molecular flexibility index (Phi) is 3.44. The van der Waals surface area contributed by atoms with E-state index in [-0.39, 0.29) is 17.2 Å². The van der Waals surface area contributed by atoms with Crippen LogP contribution in [-0.4, -0.2) is 31.7 Å². The quantitative estimate of drug-likeness (QED) is 0.871. The molecule has 1 amide bonds. The van der Waals surface area contributed by atoms with Crippen LogP contribution in [0.4, 0.5) is 5.69 Å². The van der Waals surface area contributed by atoms with Crippen molar-refractivity contribution in [1.82, 2.24) is 4.98 Å². The van der Waals surface area contributed by atoms with Gasteiger partial charge in [-0.25, -0.2) is 4.98 Å². The van der Waals surface area contributed by atoms with Crippen LogP contribution >= 0.6 is 0 Å². The van der Waals surface area contributed by atoms with Gasteiger partial charge in [0.2, 0.25) is 11.8 Å². The number of carbonyl (C=O) groups is 1. The van der Waals surface area contributed by atoms with Gasteiger partial charge < -0.3 is 14.4 Å². The molecule has 1 aliphatic carbocycles. The summed E-state index contributed by atoms with van der Waals surface area (Å²) < 4.78 is 10.8. The van der Waals surface area contributed by atoms with Gasteiger partial charge in [-0.3, -0.25) is 4.79 Å². The highest BCUT2D eigenvalue weighted by Crippen LogP contribution is 2.61. The first kappa shape index (κ1) is 15.0. The molecule has 0 radical (unpaired) electrons. The average Bonchev–Trinajstić information content (AvgIpc) is 3.35. The molecule has 1 aliphatic heterocycles. The zero-order valence-electron chi connectivity index (χ0n) is 13.9. The molecule has 124 valence electrons. The lowest BCUT2D eigenvalue weighted by Crippen LogP contribution is -2.32. The van der Waals surface area contributed by atoms with Crippen molar-refractivity contribution in [3.05, 3.63) is 48.2 Å². The van der Waals surface area contributed by atoms with Crippen molar-refractivity contribution < 1.29 is 14.3 Å². The van der Waals surface area contributed by atoms with E-state index in [2.05, 4.69) is 11.1 Å². The number of amides is 1. The Hall–Kier alpha value is -2.56. The van der Waals surface area contributed by atoms with E-state index >= 15 is 0 Å². The number of aromatic nitrogens is 1. The fourth-order valence-electron chi connectivity index (χ4n) is 3.74. The maximum Gasteiger partial charge on any atom is 0.230 e. The number of hydrogen-bond acceptors (Lipinski definition) is 4. The van der Waals surface area contributed by atoms with Gasteiger partial charge >= 0.3 is 0 Å². The minimum Gasteiger partial charge on any atom is -0.493 e.